The van der Waals surface area contributed by atoms with E-state index in [1.165, 1.54) is 6.08 Å². The number of hydrogen-bond acceptors (Lipinski definition) is 10. The number of benzene rings is 1. The zero-order valence-electron chi connectivity index (χ0n) is 25.6. The molecule has 11 nitrogen and oxygen atoms in total. The number of carbonyl (C=O) groups excluding carboxylic acids is 1. The van der Waals surface area contributed by atoms with Crippen LogP contribution in [0.25, 0.3) is 11.6 Å². The zero-order chi connectivity index (χ0) is 31.6. The van der Waals surface area contributed by atoms with Crippen LogP contribution in [0.2, 0.25) is 0 Å². The molecule has 5 atom stereocenters. The average Bonchev–Trinajstić information content (AvgIpc) is 3.63. The highest BCUT2D eigenvalue weighted by Crippen LogP contribution is 2.48. The minimum atomic E-state index is -0.910. The molecule has 2 aromatic heterocycles. The third-order valence-electron chi connectivity index (χ3n) is 9.39. The molecule has 0 N–H and O–H groups in total. The van der Waals surface area contributed by atoms with Crippen LogP contribution in [0.4, 0.5) is 4.39 Å². The summed E-state index contributed by atoms with van der Waals surface area (Å²) >= 11 is 0. The number of nitriles is 1. The number of piperidine rings is 1. The van der Waals surface area contributed by atoms with Crippen LogP contribution in [-0.2, 0) is 10.2 Å². The van der Waals surface area contributed by atoms with Crippen LogP contribution >= 0.6 is 0 Å². The Balaban J connectivity index is 1.29. The Morgan fingerprint density at radius 1 is 1.22 bits per heavy atom. The largest absolute Gasteiger partial charge is 0.474 e. The molecule has 3 aliphatic rings. The van der Waals surface area contributed by atoms with E-state index in [1.807, 2.05) is 37.1 Å². The Morgan fingerprint density at radius 2 is 2.00 bits per heavy atom. The second kappa shape index (κ2) is 12.9. The maximum absolute atomic E-state index is 14.2. The van der Waals surface area contributed by atoms with Gasteiger partial charge in [-0.25, -0.2) is 4.39 Å². The molecule has 6 rings (SSSR count). The van der Waals surface area contributed by atoms with Crippen LogP contribution in [0.3, 0.4) is 0 Å². The summed E-state index contributed by atoms with van der Waals surface area (Å²) in [5.41, 5.74) is 0.777. The van der Waals surface area contributed by atoms with Gasteiger partial charge < -0.3 is 18.9 Å². The van der Waals surface area contributed by atoms with Crippen LogP contribution in [0, 0.1) is 11.3 Å². The first-order valence-corrected chi connectivity index (χ1v) is 15.6. The summed E-state index contributed by atoms with van der Waals surface area (Å²) in [7, 11) is 1.88. The molecule has 12 heteroatoms. The lowest BCUT2D eigenvalue weighted by Gasteiger charge is -2.38. The molecule has 1 aromatic carbocycles. The molecular weight excluding hydrogens is 577 g/mol. The van der Waals surface area contributed by atoms with E-state index in [2.05, 4.69) is 39.9 Å². The molecule has 4 heterocycles. The Morgan fingerprint density at radius 3 is 2.67 bits per heavy atom. The van der Waals surface area contributed by atoms with Crippen LogP contribution < -0.4 is 9.47 Å². The predicted molar refractivity (Wildman–Crippen MR) is 162 cm³/mol. The molecule has 2 aliphatic heterocycles. The van der Waals surface area contributed by atoms with Crippen LogP contribution in [0.5, 0.6) is 11.8 Å². The van der Waals surface area contributed by atoms with Gasteiger partial charge in [-0.1, -0.05) is 48.5 Å². The maximum atomic E-state index is 14.2. The number of likely N-dealkylation sites (tertiary alicyclic amines) is 2. The highest BCUT2D eigenvalue weighted by atomic mass is 19.1. The van der Waals surface area contributed by atoms with Crippen molar-refractivity contribution in [3.63, 3.8) is 0 Å². The summed E-state index contributed by atoms with van der Waals surface area (Å²) in [6.07, 6.45) is 4.09. The maximum Gasteiger partial charge on any atom is 0.246 e. The third kappa shape index (κ3) is 6.27. The summed E-state index contributed by atoms with van der Waals surface area (Å²) in [4.78, 5) is 30.1. The Labute approximate surface area is 262 Å². The minimum absolute atomic E-state index is 0.123. The Kier molecular flexibility index (Phi) is 8.81. The van der Waals surface area contributed by atoms with Gasteiger partial charge in [-0.2, -0.15) is 20.2 Å². The lowest BCUT2D eigenvalue weighted by atomic mass is 9.64. The van der Waals surface area contributed by atoms with Crippen molar-refractivity contribution >= 4 is 5.91 Å². The first kappa shape index (κ1) is 30.6. The fraction of sp³-hybridized carbons (Fsp3) is 0.515. The number of amides is 1. The van der Waals surface area contributed by atoms with E-state index in [0.717, 1.165) is 24.8 Å². The van der Waals surface area contributed by atoms with E-state index in [0.29, 0.717) is 38.2 Å². The lowest BCUT2D eigenvalue weighted by Crippen LogP contribution is -2.48. The van der Waals surface area contributed by atoms with Crippen molar-refractivity contribution < 1.29 is 23.2 Å². The van der Waals surface area contributed by atoms with Crippen LogP contribution in [0.1, 0.15) is 63.3 Å². The van der Waals surface area contributed by atoms with E-state index in [9.17, 15) is 14.4 Å². The number of rotatable bonds is 10. The molecule has 0 radical (unpaired) electrons. The zero-order valence-corrected chi connectivity index (χ0v) is 25.6. The van der Waals surface area contributed by atoms with Crippen molar-refractivity contribution in [3.8, 4) is 29.5 Å². The smallest absolute Gasteiger partial charge is 0.246 e. The van der Waals surface area contributed by atoms with Gasteiger partial charge in [0.2, 0.25) is 35.2 Å². The molecule has 236 valence electrons. The van der Waals surface area contributed by atoms with E-state index in [-0.39, 0.29) is 65.4 Å². The van der Waals surface area contributed by atoms with Gasteiger partial charge in [-0.05, 0) is 44.9 Å². The highest BCUT2D eigenvalue weighted by molar-refractivity contribution is 5.87. The van der Waals surface area contributed by atoms with Gasteiger partial charge in [0.05, 0.1) is 24.0 Å². The molecule has 1 aliphatic carbocycles. The normalized spacial score (nSPS) is 25.2. The van der Waals surface area contributed by atoms with E-state index in [1.54, 1.807) is 11.0 Å². The Bertz CT molecular complexity index is 1560. The van der Waals surface area contributed by atoms with Gasteiger partial charge in [-0.15, -0.1) is 0 Å². The molecule has 0 bridgehead atoms. The number of likely N-dealkylation sites (N-methyl/N-ethyl adjacent to an activating group) is 1. The number of alkyl halides is 1. The van der Waals surface area contributed by atoms with Crippen molar-refractivity contribution in [2.75, 3.05) is 20.1 Å². The van der Waals surface area contributed by atoms with E-state index < -0.39 is 6.17 Å². The second-order valence-corrected chi connectivity index (χ2v) is 12.3. The quantitative estimate of drug-likeness (QED) is 0.297. The first-order valence-electron chi connectivity index (χ1n) is 15.6. The van der Waals surface area contributed by atoms with Gasteiger partial charge in [0.15, 0.2) is 0 Å². The standard InChI is InChI=1S/C33H38FN7O4/c1-4-29(42)41-16-12-25(18-24(41)11-15-35)44-28-19-27(43-21(2)26-17-23(34)20-40(26)3)36-30(37-28)31-38-32(45-39-31)33(13-8-14-33)22-9-6-5-7-10-22/h4-7,9-10,19,21,23-26H,1,8,11-14,16-18,20H2,2-3H3/t21-,23+,24+,25-,26-/m0/s1. The van der Waals surface area contributed by atoms with E-state index >= 15 is 0 Å². The number of aromatic nitrogens is 4. The molecule has 2 saturated heterocycles. The molecule has 3 aromatic rings. The van der Waals surface area contributed by atoms with Crippen molar-refractivity contribution in [3.05, 3.63) is 60.5 Å². The fourth-order valence-electron chi connectivity index (χ4n) is 6.83. The molecular formula is C33H38FN7O4. The first-order chi connectivity index (χ1) is 21.8. The van der Waals surface area contributed by atoms with Gasteiger partial charge in [0, 0.05) is 38.0 Å². The van der Waals surface area contributed by atoms with Gasteiger partial charge in [0.1, 0.15) is 18.4 Å². The van der Waals surface area contributed by atoms with Crippen molar-refractivity contribution in [1.29, 1.82) is 5.26 Å². The second-order valence-electron chi connectivity index (χ2n) is 12.3. The van der Waals surface area contributed by atoms with Crippen molar-refractivity contribution in [2.45, 2.75) is 87.7 Å². The number of carbonyl (C=O) groups is 1. The predicted octanol–water partition coefficient (Wildman–Crippen LogP) is 4.64. The Hall–Kier alpha value is -4.37. The van der Waals surface area contributed by atoms with Crippen LogP contribution in [-0.4, -0.2) is 86.4 Å². The molecule has 45 heavy (non-hydrogen) atoms. The van der Waals surface area contributed by atoms with Crippen molar-refractivity contribution in [2.24, 2.45) is 0 Å². The number of halogens is 1. The van der Waals surface area contributed by atoms with Crippen molar-refractivity contribution in [1.82, 2.24) is 29.9 Å². The highest BCUT2D eigenvalue weighted by Gasteiger charge is 2.45. The topological polar surface area (TPSA) is 130 Å². The number of nitrogens with zero attached hydrogens (tertiary/aromatic N) is 7. The number of hydrogen-bond donors (Lipinski definition) is 0. The fourth-order valence-corrected chi connectivity index (χ4v) is 6.83. The molecule has 3 fully saturated rings. The molecule has 0 unspecified atom stereocenters. The van der Waals surface area contributed by atoms with Gasteiger partial charge in [-0.3, -0.25) is 9.69 Å². The minimum Gasteiger partial charge on any atom is -0.474 e. The molecule has 0 spiro atoms. The molecule has 1 saturated carbocycles. The van der Waals surface area contributed by atoms with E-state index in [4.69, 9.17) is 19.0 Å². The summed E-state index contributed by atoms with van der Waals surface area (Å²) in [6, 6.07) is 13.5. The number of ether oxygens (including phenoxy) is 2. The summed E-state index contributed by atoms with van der Waals surface area (Å²) in [5, 5.41) is 13.7. The van der Waals surface area contributed by atoms with Gasteiger partial charge >= 0.3 is 0 Å². The van der Waals surface area contributed by atoms with Crippen LogP contribution in [0.15, 0.2) is 53.6 Å². The monoisotopic (exact) mass is 615 g/mol. The third-order valence-corrected chi connectivity index (χ3v) is 9.39. The molecule has 1 amide bonds. The van der Waals surface area contributed by atoms with Gasteiger partial charge in [0.25, 0.3) is 0 Å². The summed E-state index contributed by atoms with van der Waals surface area (Å²) in [6.45, 7) is 6.27. The lowest BCUT2D eigenvalue weighted by molar-refractivity contribution is -0.130. The summed E-state index contributed by atoms with van der Waals surface area (Å²) in [5.74, 6) is 1.21. The average molecular weight is 616 g/mol. The SMILES string of the molecule is C=CC(=O)N1CC[C@H](Oc2cc(O[C@@H](C)[C@@H]3C[C@@H](F)CN3C)nc(-c3noc(C4(c5ccccc5)CCC4)n3)n2)C[C@H]1CC#N. The summed E-state index contributed by atoms with van der Waals surface area (Å²) < 4.78 is 32.6.